The van der Waals surface area contributed by atoms with Crippen LogP contribution in [0.5, 0.6) is 5.75 Å². The van der Waals surface area contributed by atoms with Crippen molar-refractivity contribution in [3.8, 4) is 22.9 Å². The number of nitrogens with one attached hydrogen (secondary N) is 1. The highest BCUT2D eigenvalue weighted by Crippen LogP contribution is 2.34. The predicted molar refractivity (Wildman–Crippen MR) is 163 cm³/mol. The molecule has 0 aliphatic carbocycles. The molecule has 0 unspecified atom stereocenters. The van der Waals surface area contributed by atoms with Crippen LogP contribution < -0.4 is 10.1 Å². The SMILES string of the molecule is CN1C(=O)N(CC(=O)N2CC[C@H](NCc3cc(-c4ccc(C#N)cc4F)ccc3OC(F)(F)F)[C@H](c3ccccc3)C2)C(=O)C1(C)C. The summed E-state index contributed by atoms with van der Waals surface area (Å²) >= 11 is 0. The lowest BCUT2D eigenvalue weighted by Gasteiger charge is -2.40. The first-order valence-electron chi connectivity index (χ1n) is 14.9. The second-order valence-electron chi connectivity index (χ2n) is 12.1. The molecule has 0 saturated carbocycles. The number of benzene rings is 3. The molecule has 0 bridgehead atoms. The summed E-state index contributed by atoms with van der Waals surface area (Å²) in [6.07, 6.45) is -4.55. The molecule has 4 amide bonds. The number of imide groups is 1. The highest BCUT2D eigenvalue weighted by atomic mass is 19.4. The number of halogens is 4. The van der Waals surface area contributed by atoms with Crippen LogP contribution in [-0.4, -0.2) is 77.2 Å². The fourth-order valence-electron chi connectivity index (χ4n) is 5.99. The molecule has 0 radical (unpaired) electrons. The molecular weight excluding hydrogens is 618 g/mol. The molecule has 246 valence electrons. The van der Waals surface area contributed by atoms with E-state index in [1.807, 2.05) is 36.4 Å². The number of amides is 4. The smallest absolute Gasteiger partial charge is 0.405 e. The Hall–Kier alpha value is -4.96. The molecule has 13 heteroatoms. The first-order valence-corrected chi connectivity index (χ1v) is 14.9. The molecule has 2 fully saturated rings. The van der Waals surface area contributed by atoms with E-state index in [0.717, 1.165) is 22.6 Å². The zero-order valence-electron chi connectivity index (χ0n) is 26.0. The molecule has 2 atom stereocenters. The third-order valence-corrected chi connectivity index (χ3v) is 8.86. The van der Waals surface area contributed by atoms with Crippen molar-refractivity contribution in [2.24, 2.45) is 0 Å². The molecule has 2 heterocycles. The van der Waals surface area contributed by atoms with Crippen molar-refractivity contribution in [1.29, 1.82) is 5.26 Å². The monoisotopic (exact) mass is 651 g/mol. The van der Waals surface area contributed by atoms with Gasteiger partial charge in [-0.1, -0.05) is 42.5 Å². The minimum Gasteiger partial charge on any atom is -0.405 e. The van der Waals surface area contributed by atoms with E-state index in [9.17, 15) is 31.9 Å². The summed E-state index contributed by atoms with van der Waals surface area (Å²) in [5, 5.41) is 12.4. The van der Waals surface area contributed by atoms with Gasteiger partial charge in [-0.05, 0) is 55.7 Å². The van der Waals surface area contributed by atoms with Crippen LogP contribution in [0.25, 0.3) is 11.1 Å². The van der Waals surface area contributed by atoms with Crippen LogP contribution in [0.15, 0.2) is 66.7 Å². The summed E-state index contributed by atoms with van der Waals surface area (Å²) in [5.74, 6) is -2.28. The molecule has 9 nitrogen and oxygen atoms in total. The summed E-state index contributed by atoms with van der Waals surface area (Å²) < 4.78 is 59.1. The van der Waals surface area contributed by atoms with Gasteiger partial charge >= 0.3 is 12.4 Å². The number of nitriles is 1. The number of ether oxygens (including phenoxy) is 1. The van der Waals surface area contributed by atoms with E-state index in [1.165, 1.54) is 36.2 Å². The number of urea groups is 1. The van der Waals surface area contributed by atoms with Gasteiger partial charge < -0.3 is 19.9 Å². The van der Waals surface area contributed by atoms with Gasteiger partial charge in [0.15, 0.2) is 0 Å². The number of nitrogens with zero attached hydrogens (tertiary/aromatic N) is 4. The van der Waals surface area contributed by atoms with E-state index in [-0.39, 0.29) is 48.3 Å². The largest absolute Gasteiger partial charge is 0.573 e. The zero-order valence-corrected chi connectivity index (χ0v) is 26.0. The van der Waals surface area contributed by atoms with Gasteiger partial charge in [0.2, 0.25) is 5.91 Å². The summed E-state index contributed by atoms with van der Waals surface area (Å²) in [6, 6.07) is 18.1. The second-order valence-corrected chi connectivity index (χ2v) is 12.1. The Bertz CT molecular complexity index is 1720. The molecule has 2 aliphatic rings. The first-order chi connectivity index (χ1) is 22.2. The van der Waals surface area contributed by atoms with Crippen molar-refractivity contribution in [1.82, 2.24) is 20.0 Å². The van der Waals surface area contributed by atoms with Crippen molar-refractivity contribution in [2.75, 3.05) is 26.7 Å². The maximum Gasteiger partial charge on any atom is 0.573 e. The van der Waals surface area contributed by atoms with Crippen molar-refractivity contribution in [2.45, 2.75) is 50.7 Å². The van der Waals surface area contributed by atoms with Crippen LogP contribution in [-0.2, 0) is 16.1 Å². The summed E-state index contributed by atoms with van der Waals surface area (Å²) in [6.45, 7) is 3.26. The number of carbonyl (C=O) groups is 3. The highest BCUT2D eigenvalue weighted by molar-refractivity contribution is 6.08. The van der Waals surface area contributed by atoms with Crippen LogP contribution in [0.2, 0.25) is 0 Å². The Morgan fingerprint density at radius 3 is 2.43 bits per heavy atom. The van der Waals surface area contributed by atoms with Gasteiger partial charge in [0.05, 0.1) is 11.6 Å². The van der Waals surface area contributed by atoms with Crippen LogP contribution in [0, 0.1) is 17.1 Å². The van der Waals surface area contributed by atoms with Crippen LogP contribution in [0.3, 0.4) is 0 Å². The van der Waals surface area contributed by atoms with E-state index in [4.69, 9.17) is 5.26 Å². The van der Waals surface area contributed by atoms with E-state index in [0.29, 0.717) is 12.0 Å². The summed E-state index contributed by atoms with van der Waals surface area (Å²) in [5.41, 5.74) is 0.472. The summed E-state index contributed by atoms with van der Waals surface area (Å²) in [4.78, 5) is 42.8. The quantitative estimate of drug-likeness (QED) is 0.258. The van der Waals surface area contributed by atoms with Gasteiger partial charge in [0.1, 0.15) is 23.7 Å². The Labute approximate surface area is 269 Å². The average Bonchev–Trinajstić information content (AvgIpc) is 3.18. The maximum absolute atomic E-state index is 14.8. The number of likely N-dealkylation sites (tertiary alicyclic amines) is 1. The van der Waals surface area contributed by atoms with Crippen molar-refractivity contribution >= 4 is 17.8 Å². The van der Waals surface area contributed by atoms with Crippen molar-refractivity contribution in [3.05, 3.63) is 89.2 Å². The fraction of sp³-hybridized carbons (Fsp3) is 0.353. The molecule has 0 spiro atoms. The lowest BCUT2D eigenvalue weighted by molar-refractivity contribution is -0.274. The number of piperidine rings is 1. The van der Waals surface area contributed by atoms with E-state index in [1.54, 1.807) is 18.7 Å². The number of carbonyl (C=O) groups excluding carboxylic acids is 3. The molecule has 5 rings (SSSR count). The van der Waals surface area contributed by atoms with Gasteiger partial charge in [0.25, 0.3) is 5.91 Å². The number of hydrogen-bond donors (Lipinski definition) is 1. The molecule has 3 aromatic rings. The molecule has 47 heavy (non-hydrogen) atoms. The minimum absolute atomic E-state index is 0.0721. The molecule has 1 N–H and O–H groups in total. The Balaban J connectivity index is 1.37. The maximum atomic E-state index is 14.8. The predicted octanol–water partition coefficient (Wildman–Crippen LogP) is 5.41. The van der Waals surface area contributed by atoms with Gasteiger partial charge in [-0.25, -0.2) is 9.18 Å². The lowest BCUT2D eigenvalue weighted by atomic mass is 9.85. The van der Waals surface area contributed by atoms with Gasteiger partial charge in [-0.15, -0.1) is 13.2 Å². The number of hydrogen-bond acceptors (Lipinski definition) is 6. The fourth-order valence-corrected chi connectivity index (χ4v) is 5.99. The molecule has 3 aromatic carbocycles. The summed E-state index contributed by atoms with van der Waals surface area (Å²) in [7, 11) is 1.51. The van der Waals surface area contributed by atoms with Crippen molar-refractivity contribution < 1.29 is 36.7 Å². The van der Waals surface area contributed by atoms with Gasteiger partial charge in [0, 0.05) is 49.8 Å². The highest BCUT2D eigenvalue weighted by Gasteiger charge is 2.50. The molecule has 0 aromatic heterocycles. The Kier molecular flexibility index (Phi) is 9.27. The van der Waals surface area contributed by atoms with Crippen LogP contribution >= 0.6 is 0 Å². The van der Waals surface area contributed by atoms with E-state index >= 15 is 0 Å². The normalized spacial score (nSPS) is 19.6. The Morgan fingerprint density at radius 2 is 1.81 bits per heavy atom. The first kappa shape index (κ1) is 33.4. The molecule has 2 aliphatic heterocycles. The number of alkyl halides is 3. The lowest BCUT2D eigenvalue weighted by Crippen LogP contribution is -2.52. The third-order valence-electron chi connectivity index (χ3n) is 8.86. The Morgan fingerprint density at radius 1 is 1.09 bits per heavy atom. The van der Waals surface area contributed by atoms with Crippen LogP contribution in [0.4, 0.5) is 22.4 Å². The van der Waals surface area contributed by atoms with E-state index < -0.39 is 47.9 Å². The topological polar surface area (TPSA) is 106 Å². The number of likely N-dealkylation sites (N-methyl/N-ethyl adjacent to an activating group) is 1. The second kappa shape index (κ2) is 13.0. The van der Waals surface area contributed by atoms with E-state index in [2.05, 4.69) is 10.1 Å². The molecular formula is C34H33F4N5O4. The minimum atomic E-state index is -4.96. The zero-order chi connectivity index (χ0) is 34.1. The standard InChI is InChI=1S/C34H33F4N5O4/c1-33(2)31(45)43(32(46)41(33)3)20-30(44)42-14-13-28(26(19-42)22-7-5-4-6-8-22)40-18-24-16-23(10-12-29(24)47-34(36,37)38)25-11-9-21(17-39)15-27(25)35/h4-12,15-16,26,28,40H,13-14,18-20H2,1-3H3/t26-,28-/m0/s1. The number of rotatable bonds is 8. The molecule has 2 saturated heterocycles. The van der Waals surface area contributed by atoms with Gasteiger partial charge in [-0.2, -0.15) is 5.26 Å². The van der Waals surface area contributed by atoms with Crippen LogP contribution in [0.1, 0.15) is 42.9 Å². The van der Waals surface area contributed by atoms with Gasteiger partial charge in [-0.3, -0.25) is 14.5 Å². The van der Waals surface area contributed by atoms with Crippen molar-refractivity contribution in [3.63, 3.8) is 0 Å². The third kappa shape index (κ3) is 7.07. The average molecular weight is 652 g/mol.